The van der Waals surface area contributed by atoms with Crippen LogP contribution in [0.2, 0.25) is 0 Å². The normalized spacial score (nSPS) is 30.7. The summed E-state index contributed by atoms with van der Waals surface area (Å²) in [5.74, 6) is -2.48. The molecule has 0 radical (unpaired) electrons. The fraction of sp³-hybridized carbons (Fsp3) is 0.667. The highest BCUT2D eigenvalue weighted by Gasteiger charge is 2.45. The molecule has 0 aliphatic carbocycles. The second-order valence-corrected chi connectivity index (χ2v) is 5.91. The highest BCUT2D eigenvalue weighted by molar-refractivity contribution is 5.97. The van der Waals surface area contributed by atoms with E-state index in [0.29, 0.717) is 5.57 Å². The van der Waals surface area contributed by atoms with Crippen LogP contribution in [0.4, 0.5) is 0 Å². The molecule has 2 saturated heterocycles. The summed E-state index contributed by atoms with van der Waals surface area (Å²) < 4.78 is 10.6. The van der Waals surface area contributed by atoms with Crippen LogP contribution in [0.1, 0.15) is 19.8 Å². The molecule has 2 amide bonds. The van der Waals surface area contributed by atoms with Gasteiger partial charge in [-0.05, 0) is 5.57 Å². The van der Waals surface area contributed by atoms with Crippen molar-refractivity contribution in [2.75, 3.05) is 13.4 Å². The summed E-state index contributed by atoms with van der Waals surface area (Å²) in [6.45, 7) is 4.61. The molecule has 8 heteroatoms. The van der Waals surface area contributed by atoms with Gasteiger partial charge in [0.2, 0.25) is 11.8 Å². The molecule has 0 aromatic rings. The topological polar surface area (TPSA) is 122 Å². The van der Waals surface area contributed by atoms with Gasteiger partial charge >= 0.3 is 0 Å². The van der Waals surface area contributed by atoms with Crippen molar-refractivity contribution in [1.82, 2.24) is 5.32 Å². The van der Waals surface area contributed by atoms with Gasteiger partial charge < -0.3 is 19.7 Å². The average molecular weight is 327 g/mol. The van der Waals surface area contributed by atoms with Crippen LogP contribution in [-0.4, -0.2) is 59.5 Å². The number of hydrogen-bond acceptors (Lipinski definition) is 7. The van der Waals surface area contributed by atoms with Crippen molar-refractivity contribution in [3.8, 4) is 0 Å². The SMILES string of the molecule is C=C(CO)C(C)C(=O)C1OCOC(C2CC(=O)NC(=O)C2)C1O. The first-order valence-electron chi connectivity index (χ1n) is 7.41. The number of aliphatic hydroxyl groups is 2. The molecule has 23 heavy (non-hydrogen) atoms. The van der Waals surface area contributed by atoms with Crippen molar-refractivity contribution in [3.63, 3.8) is 0 Å². The maximum atomic E-state index is 12.4. The van der Waals surface area contributed by atoms with Crippen molar-refractivity contribution in [1.29, 1.82) is 0 Å². The summed E-state index contributed by atoms with van der Waals surface area (Å²) in [4.78, 5) is 35.4. The Kier molecular flexibility index (Phi) is 5.64. The molecule has 2 aliphatic rings. The van der Waals surface area contributed by atoms with E-state index in [1.54, 1.807) is 6.92 Å². The van der Waals surface area contributed by atoms with Gasteiger partial charge in [0.1, 0.15) is 19.0 Å². The number of amides is 2. The number of carbonyl (C=O) groups is 3. The molecule has 0 aromatic heterocycles. The fourth-order valence-corrected chi connectivity index (χ4v) is 2.85. The zero-order valence-corrected chi connectivity index (χ0v) is 12.9. The van der Waals surface area contributed by atoms with E-state index in [9.17, 15) is 19.5 Å². The number of Topliss-reactive ketones (excluding diaryl/α,β-unsaturated/α-hetero) is 1. The van der Waals surface area contributed by atoms with Crippen molar-refractivity contribution in [2.45, 2.75) is 38.1 Å². The Bertz CT molecular complexity index is 502. The first-order chi connectivity index (χ1) is 10.8. The molecular weight excluding hydrogens is 306 g/mol. The second kappa shape index (κ2) is 7.31. The summed E-state index contributed by atoms with van der Waals surface area (Å²) >= 11 is 0. The lowest BCUT2D eigenvalue weighted by Crippen LogP contribution is -2.56. The van der Waals surface area contributed by atoms with Crippen molar-refractivity contribution >= 4 is 17.6 Å². The Balaban J connectivity index is 2.10. The third kappa shape index (κ3) is 3.84. The van der Waals surface area contributed by atoms with E-state index in [-0.39, 0.29) is 26.2 Å². The Morgan fingerprint density at radius 3 is 2.52 bits per heavy atom. The van der Waals surface area contributed by atoms with Gasteiger partial charge in [-0.1, -0.05) is 13.5 Å². The fourth-order valence-electron chi connectivity index (χ4n) is 2.85. The molecule has 4 unspecified atom stereocenters. The van der Waals surface area contributed by atoms with Gasteiger partial charge in [-0.15, -0.1) is 0 Å². The van der Waals surface area contributed by atoms with E-state index in [0.717, 1.165) is 0 Å². The predicted molar refractivity (Wildman–Crippen MR) is 76.9 cm³/mol. The lowest BCUT2D eigenvalue weighted by atomic mass is 9.83. The first kappa shape index (κ1) is 17.7. The Hall–Kier alpha value is -1.61. The maximum Gasteiger partial charge on any atom is 0.226 e. The molecule has 0 aromatic carbocycles. The number of ketones is 1. The standard InChI is InChI=1S/C15H21NO7/c1-7(5-17)8(2)12(20)15-13(21)14(22-6-23-15)9-3-10(18)16-11(19)4-9/h8-9,13-15,17,21H,1,3-6H2,2H3,(H,16,18,19). The molecule has 4 atom stereocenters. The minimum absolute atomic E-state index is 0.0350. The van der Waals surface area contributed by atoms with Crippen LogP contribution in [-0.2, 0) is 23.9 Å². The maximum absolute atomic E-state index is 12.4. The van der Waals surface area contributed by atoms with Gasteiger partial charge in [-0.2, -0.15) is 0 Å². The lowest BCUT2D eigenvalue weighted by Gasteiger charge is -2.39. The van der Waals surface area contributed by atoms with Crippen LogP contribution >= 0.6 is 0 Å². The largest absolute Gasteiger partial charge is 0.392 e. The molecule has 2 heterocycles. The number of carbonyl (C=O) groups excluding carboxylic acids is 3. The summed E-state index contributed by atoms with van der Waals surface area (Å²) in [5, 5.41) is 21.7. The monoisotopic (exact) mass is 327 g/mol. The van der Waals surface area contributed by atoms with E-state index in [1.165, 1.54) is 0 Å². The lowest BCUT2D eigenvalue weighted by molar-refractivity contribution is -0.240. The number of imide groups is 1. The number of aliphatic hydroxyl groups excluding tert-OH is 2. The molecule has 2 rings (SSSR count). The minimum atomic E-state index is -1.30. The Morgan fingerprint density at radius 1 is 1.35 bits per heavy atom. The van der Waals surface area contributed by atoms with Crippen LogP contribution in [0.5, 0.6) is 0 Å². The second-order valence-electron chi connectivity index (χ2n) is 5.91. The zero-order chi connectivity index (χ0) is 17.1. The molecule has 2 aliphatic heterocycles. The molecule has 0 bridgehead atoms. The summed E-state index contributed by atoms with van der Waals surface area (Å²) in [5.41, 5.74) is 0.320. The predicted octanol–water partition coefficient (Wildman–Crippen LogP) is -1.10. The number of rotatable bonds is 5. The van der Waals surface area contributed by atoms with E-state index < -0.39 is 47.7 Å². The molecule has 128 valence electrons. The molecular formula is C15H21NO7. The molecule has 2 fully saturated rings. The number of hydrogen-bond donors (Lipinski definition) is 3. The van der Waals surface area contributed by atoms with Gasteiger partial charge in [-0.3, -0.25) is 19.7 Å². The Labute approximate surface area is 133 Å². The zero-order valence-electron chi connectivity index (χ0n) is 12.9. The van der Waals surface area contributed by atoms with E-state index >= 15 is 0 Å². The first-order valence-corrected chi connectivity index (χ1v) is 7.41. The third-order valence-electron chi connectivity index (χ3n) is 4.32. The van der Waals surface area contributed by atoms with Crippen molar-refractivity contribution < 1.29 is 34.1 Å². The van der Waals surface area contributed by atoms with E-state index in [2.05, 4.69) is 11.9 Å². The van der Waals surface area contributed by atoms with Gasteiger partial charge in [0.05, 0.1) is 12.7 Å². The van der Waals surface area contributed by atoms with Crippen LogP contribution in [0.3, 0.4) is 0 Å². The summed E-state index contributed by atoms with van der Waals surface area (Å²) in [7, 11) is 0. The number of nitrogens with one attached hydrogen (secondary N) is 1. The van der Waals surface area contributed by atoms with Crippen LogP contribution in [0.25, 0.3) is 0 Å². The smallest absolute Gasteiger partial charge is 0.226 e. The van der Waals surface area contributed by atoms with Gasteiger partial charge in [-0.25, -0.2) is 0 Å². The highest BCUT2D eigenvalue weighted by Crippen LogP contribution is 2.29. The minimum Gasteiger partial charge on any atom is -0.392 e. The molecule has 0 saturated carbocycles. The number of ether oxygens (including phenoxy) is 2. The molecule has 0 spiro atoms. The third-order valence-corrected chi connectivity index (χ3v) is 4.32. The summed E-state index contributed by atoms with van der Waals surface area (Å²) in [6.07, 6.45) is -3.22. The van der Waals surface area contributed by atoms with Crippen molar-refractivity contribution in [2.24, 2.45) is 11.8 Å². The Morgan fingerprint density at radius 2 is 1.96 bits per heavy atom. The average Bonchev–Trinajstić information content (AvgIpc) is 2.52. The van der Waals surface area contributed by atoms with Crippen molar-refractivity contribution in [3.05, 3.63) is 12.2 Å². The number of piperidine rings is 1. The quantitative estimate of drug-likeness (QED) is 0.432. The van der Waals surface area contributed by atoms with Crippen LogP contribution < -0.4 is 5.32 Å². The van der Waals surface area contributed by atoms with E-state index in [1.807, 2.05) is 0 Å². The summed E-state index contributed by atoms with van der Waals surface area (Å²) in [6, 6.07) is 0. The molecule has 8 nitrogen and oxygen atoms in total. The van der Waals surface area contributed by atoms with Crippen LogP contribution in [0.15, 0.2) is 12.2 Å². The van der Waals surface area contributed by atoms with Gasteiger partial charge in [0.15, 0.2) is 5.78 Å². The van der Waals surface area contributed by atoms with Crippen LogP contribution in [0, 0.1) is 11.8 Å². The highest BCUT2D eigenvalue weighted by atomic mass is 16.7. The van der Waals surface area contributed by atoms with Gasteiger partial charge in [0.25, 0.3) is 0 Å². The van der Waals surface area contributed by atoms with E-state index in [4.69, 9.17) is 14.6 Å². The van der Waals surface area contributed by atoms with Gasteiger partial charge in [0, 0.05) is 24.7 Å². The molecule has 3 N–H and O–H groups in total.